The summed E-state index contributed by atoms with van der Waals surface area (Å²) in [7, 11) is 1.85. The molecule has 0 fully saturated rings. The number of benzene rings is 2. The molecule has 0 aliphatic rings. The quantitative estimate of drug-likeness (QED) is 0.702. The summed E-state index contributed by atoms with van der Waals surface area (Å²) < 4.78 is 1.74. The molecule has 5 nitrogen and oxygen atoms in total. The molecule has 1 heterocycles. The smallest absolute Gasteiger partial charge is 0.251 e. The van der Waals surface area contributed by atoms with Gasteiger partial charge in [0.05, 0.1) is 5.69 Å². The van der Waals surface area contributed by atoms with Crippen LogP contribution in [0.5, 0.6) is 0 Å². The van der Waals surface area contributed by atoms with Crippen LogP contribution in [0, 0.1) is 0 Å². The van der Waals surface area contributed by atoms with Gasteiger partial charge in [-0.3, -0.25) is 9.48 Å². The van der Waals surface area contributed by atoms with E-state index in [9.17, 15) is 4.79 Å². The van der Waals surface area contributed by atoms with Crippen molar-refractivity contribution in [2.45, 2.75) is 12.5 Å². The largest absolute Gasteiger partial charge is 0.348 e. The maximum atomic E-state index is 12.7. The molecule has 0 spiro atoms. The SMILES string of the molecule is Cn1nccc1-c1cc(Cl)cc(C(=O)NC(CN)Cc2ccccc2)c1. The van der Waals surface area contributed by atoms with E-state index in [4.69, 9.17) is 17.3 Å². The Morgan fingerprint density at radius 1 is 1.23 bits per heavy atom. The van der Waals surface area contributed by atoms with Crippen molar-refractivity contribution >= 4 is 17.5 Å². The van der Waals surface area contributed by atoms with E-state index in [1.165, 1.54) is 0 Å². The van der Waals surface area contributed by atoms with Crippen LogP contribution in [-0.2, 0) is 13.5 Å². The van der Waals surface area contributed by atoms with Crippen LogP contribution in [0.2, 0.25) is 5.02 Å². The number of nitrogens with one attached hydrogen (secondary N) is 1. The third-order valence-electron chi connectivity index (χ3n) is 4.22. The molecule has 0 saturated carbocycles. The monoisotopic (exact) mass is 368 g/mol. The highest BCUT2D eigenvalue weighted by molar-refractivity contribution is 6.31. The van der Waals surface area contributed by atoms with E-state index in [1.807, 2.05) is 55.6 Å². The molecule has 3 rings (SSSR count). The fraction of sp³-hybridized carbons (Fsp3) is 0.200. The van der Waals surface area contributed by atoms with Gasteiger partial charge in [-0.1, -0.05) is 41.9 Å². The first kappa shape index (κ1) is 18.2. The number of hydrogen-bond acceptors (Lipinski definition) is 3. The molecule has 0 aliphatic heterocycles. The number of hydrogen-bond donors (Lipinski definition) is 2. The molecular formula is C20H21ClN4O. The molecule has 1 unspecified atom stereocenters. The van der Waals surface area contributed by atoms with Crippen LogP contribution in [0.15, 0.2) is 60.8 Å². The van der Waals surface area contributed by atoms with Crippen molar-refractivity contribution in [2.24, 2.45) is 12.8 Å². The summed E-state index contributed by atoms with van der Waals surface area (Å²) in [6.45, 7) is 0.357. The van der Waals surface area contributed by atoms with Crippen LogP contribution in [0.3, 0.4) is 0 Å². The third kappa shape index (κ3) is 4.31. The van der Waals surface area contributed by atoms with Gasteiger partial charge < -0.3 is 11.1 Å². The Hall–Kier alpha value is -2.63. The summed E-state index contributed by atoms with van der Waals surface area (Å²) in [6, 6.07) is 17.0. The Kier molecular flexibility index (Phi) is 5.71. The van der Waals surface area contributed by atoms with Crippen molar-refractivity contribution in [2.75, 3.05) is 6.54 Å². The maximum Gasteiger partial charge on any atom is 0.251 e. The Morgan fingerprint density at radius 2 is 2.00 bits per heavy atom. The third-order valence-corrected chi connectivity index (χ3v) is 4.44. The van der Waals surface area contributed by atoms with E-state index < -0.39 is 0 Å². The van der Waals surface area contributed by atoms with Crippen LogP contribution < -0.4 is 11.1 Å². The second-order valence-electron chi connectivity index (χ2n) is 6.16. The highest BCUT2D eigenvalue weighted by atomic mass is 35.5. The molecule has 0 bridgehead atoms. The Labute approximate surface area is 157 Å². The van der Waals surface area contributed by atoms with Crippen LogP contribution in [0.1, 0.15) is 15.9 Å². The minimum atomic E-state index is -0.192. The van der Waals surface area contributed by atoms with E-state index in [1.54, 1.807) is 16.9 Å². The maximum absolute atomic E-state index is 12.7. The zero-order chi connectivity index (χ0) is 18.5. The number of carbonyl (C=O) groups excluding carboxylic acids is 1. The number of aromatic nitrogens is 2. The van der Waals surface area contributed by atoms with Gasteiger partial charge in [-0.05, 0) is 36.2 Å². The van der Waals surface area contributed by atoms with Crippen LogP contribution in [0.4, 0.5) is 0 Å². The lowest BCUT2D eigenvalue weighted by Crippen LogP contribution is -2.41. The molecule has 6 heteroatoms. The standard InChI is InChI=1S/C20H21ClN4O/c1-25-19(7-8-23-25)15-10-16(12-17(21)11-15)20(26)24-18(13-22)9-14-5-3-2-4-6-14/h2-8,10-12,18H,9,13,22H2,1H3,(H,24,26). The summed E-state index contributed by atoms with van der Waals surface area (Å²) in [5.41, 5.74) is 9.21. The molecule has 1 amide bonds. The topological polar surface area (TPSA) is 72.9 Å². The zero-order valence-corrected chi connectivity index (χ0v) is 15.3. The van der Waals surface area contributed by atoms with Crippen molar-refractivity contribution in [1.82, 2.24) is 15.1 Å². The lowest BCUT2D eigenvalue weighted by atomic mass is 10.0. The van der Waals surface area contributed by atoms with E-state index in [-0.39, 0.29) is 11.9 Å². The van der Waals surface area contributed by atoms with Gasteiger partial charge in [0.15, 0.2) is 0 Å². The van der Waals surface area contributed by atoms with Crippen LogP contribution in [0.25, 0.3) is 11.3 Å². The Morgan fingerprint density at radius 3 is 2.65 bits per heavy atom. The molecule has 1 atom stereocenters. The predicted molar refractivity (Wildman–Crippen MR) is 104 cm³/mol. The van der Waals surface area contributed by atoms with Gasteiger partial charge in [0.1, 0.15) is 0 Å². The Bertz CT molecular complexity index is 892. The van der Waals surface area contributed by atoms with Gasteiger partial charge in [0.25, 0.3) is 5.91 Å². The first-order valence-electron chi connectivity index (χ1n) is 8.40. The first-order valence-corrected chi connectivity index (χ1v) is 8.78. The van der Waals surface area contributed by atoms with Crippen LogP contribution in [-0.4, -0.2) is 28.3 Å². The molecular weight excluding hydrogens is 348 g/mol. The van der Waals surface area contributed by atoms with Gasteiger partial charge in [0.2, 0.25) is 0 Å². The van der Waals surface area contributed by atoms with Gasteiger partial charge in [-0.2, -0.15) is 5.10 Å². The summed E-state index contributed by atoms with van der Waals surface area (Å²) in [6.07, 6.45) is 2.39. The average Bonchev–Trinajstić information content (AvgIpc) is 3.07. The number of rotatable bonds is 6. The molecule has 0 radical (unpaired) electrons. The number of carbonyl (C=O) groups is 1. The van der Waals surface area contributed by atoms with Gasteiger partial charge in [0, 0.05) is 42.0 Å². The highest BCUT2D eigenvalue weighted by Crippen LogP contribution is 2.24. The number of nitrogens with zero attached hydrogens (tertiary/aromatic N) is 2. The number of halogens is 1. The molecule has 3 aromatic rings. The van der Waals surface area contributed by atoms with Crippen molar-refractivity contribution < 1.29 is 4.79 Å². The number of nitrogens with two attached hydrogens (primary N) is 1. The lowest BCUT2D eigenvalue weighted by Gasteiger charge is -2.17. The molecule has 26 heavy (non-hydrogen) atoms. The van der Waals surface area contributed by atoms with Gasteiger partial charge in [-0.25, -0.2) is 0 Å². The van der Waals surface area contributed by atoms with E-state index >= 15 is 0 Å². The first-order chi connectivity index (χ1) is 12.6. The van der Waals surface area contributed by atoms with Gasteiger partial charge in [-0.15, -0.1) is 0 Å². The van der Waals surface area contributed by atoms with Crippen LogP contribution >= 0.6 is 11.6 Å². The van der Waals surface area contributed by atoms with Crippen molar-refractivity contribution in [3.05, 3.63) is 76.9 Å². The predicted octanol–water partition coefficient (Wildman–Crippen LogP) is 3.04. The normalized spacial score (nSPS) is 12.0. The molecule has 134 valence electrons. The summed E-state index contributed by atoms with van der Waals surface area (Å²) in [5.74, 6) is -0.192. The van der Waals surface area contributed by atoms with Crippen molar-refractivity contribution in [3.63, 3.8) is 0 Å². The molecule has 3 N–H and O–H groups in total. The summed E-state index contributed by atoms with van der Waals surface area (Å²) in [5, 5.41) is 7.66. The van der Waals surface area contributed by atoms with Gasteiger partial charge >= 0.3 is 0 Å². The minimum absolute atomic E-state index is 0.149. The van der Waals surface area contributed by atoms with E-state index in [0.29, 0.717) is 23.6 Å². The molecule has 2 aromatic carbocycles. The fourth-order valence-corrected chi connectivity index (χ4v) is 3.12. The van der Waals surface area contributed by atoms with E-state index in [0.717, 1.165) is 16.8 Å². The fourth-order valence-electron chi connectivity index (χ4n) is 2.89. The molecule has 0 saturated heterocycles. The second-order valence-corrected chi connectivity index (χ2v) is 6.60. The summed E-state index contributed by atoms with van der Waals surface area (Å²) in [4.78, 5) is 12.7. The number of aryl methyl sites for hydroxylation is 1. The minimum Gasteiger partial charge on any atom is -0.348 e. The highest BCUT2D eigenvalue weighted by Gasteiger charge is 2.15. The Balaban J connectivity index is 1.78. The summed E-state index contributed by atoms with van der Waals surface area (Å²) >= 11 is 6.23. The second kappa shape index (κ2) is 8.17. The van der Waals surface area contributed by atoms with Crippen molar-refractivity contribution in [3.8, 4) is 11.3 Å². The van der Waals surface area contributed by atoms with Crippen molar-refractivity contribution in [1.29, 1.82) is 0 Å². The lowest BCUT2D eigenvalue weighted by molar-refractivity contribution is 0.0938. The zero-order valence-electron chi connectivity index (χ0n) is 14.5. The number of amides is 1. The molecule has 1 aromatic heterocycles. The van der Waals surface area contributed by atoms with E-state index in [2.05, 4.69) is 10.4 Å². The average molecular weight is 369 g/mol. The molecule has 0 aliphatic carbocycles.